The summed E-state index contributed by atoms with van der Waals surface area (Å²) in [4.78, 5) is 26.2. The number of carbonyl (C=O) groups excluding carboxylic acids is 1. The van der Waals surface area contributed by atoms with Gasteiger partial charge in [0.1, 0.15) is 5.69 Å². The number of rotatable bonds is 5. The van der Waals surface area contributed by atoms with Gasteiger partial charge in [-0.3, -0.25) is 25.7 Å². The predicted molar refractivity (Wildman–Crippen MR) is 76.3 cm³/mol. The van der Waals surface area contributed by atoms with E-state index in [4.69, 9.17) is 5.84 Å². The smallest absolute Gasteiger partial charge is 0.294 e. The number of hydrogen-bond donors (Lipinski definition) is 3. The van der Waals surface area contributed by atoms with Crippen LogP contribution in [0.1, 0.15) is 15.9 Å². The number of nitrogen functional groups attached to an aromatic ring is 1. The van der Waals surface area contributed by atoms with E-state index in [1.165, 1.54) is 18.2 Å². The Kier molecular flexibility index (Phi) is 4.42. The lowest BCUT2D eigenvalue weighted by Gasteiger charge is -2.07. The van der Waals surface area contributed by atoms with Gasteiger partial charge in [0.2, 0.25) is 0 Å². The van der Waals surface area contributed by atoms with Crippen molar-refractivity contribution in [1.82, 2.24) is 10.3 Å². The zero-order valence-electron chi connectivity index (χ0n) is 10.9. The van der Waals surface area contributed by atoms with Gasteiger partial charge in [0, 0.05) is 30.6 Å². The summed E-state index contributed by atoms with van der Waals surface area (Å²) in [5.41, 5.74) is 3.18. The summed E-state index contributed by atoms with van der Waals surface area (Å²) in [6.45, 7) is 0.312. The lowest BCUT2D eigenvalue weighted by molar-refractivity contribution is -0.384. The van der Waals surface area contributed by atoms with Crippen LogP contribution in [-0.4, -0.2) is 15.8 Å². The lowest BCUT2D eigenvalue weighted by Crippen LogP contribution is -2.23. The maximum Gasteiger partial charge on any atom is 0.294 e. The Morgan fingerprint density at radius 1 is 1.29 bits per heavy atom. The molecule has 0 spiro atoms. The highest BCUT2D eigenvalue weighted by Gasteiger charge is 2.16. The van der Waals surface area contributed by atoms with Gasteiger partial charge in [-0.25, -0.2) is 0 Å². The summed E-state index contributed by atoms with van der Waals surface area (Å²) in [5, 5.41) is 13.6. The molecule has 108 valence electrons. The molecule has 1 heterocycles. The lowest BCUT2D eigenvalue weighted by atomic mass is 10.1. The number of amides is 1. The van der Waals surface area contributed by atoms with Crippen molar-refractivity contribution in [2.45, 2.75) is 6.54 Å². The van der Waals surface area contributed by atoms with Crippen LogP contribution in [0.15, 0.2) is 42.7 Å². The molecule has 0 saturated carbocycles. The Morgan fingerprint density at radius 2 is 2.00 bits per heavy atom. The van der Waals surface area contributed by atoms with Crippen LogP contribution in [0.5, 0.6) is 0 Å². The number of nitrogens with two attached hydrogens (primary N) is 1. The van der Waals surface area contributed by atoms with Crippen LogP contribution in [0, 0.1) is 10.1 Å². The molecule has 0 bridgehead atoms. The third-order valence-corrected chi connectivity index (χ3v) is 2.81. The van der Waals surface area contributed by atoms with Crippen molar-refractivity contribution in [3.05, 3.63) is 64.0 Å². The van der Waals surface area contributed by atoms with Crippen LogP contribution in [0.3, 0.4) is 0 Å². The van der Waals surface area contributed by atoms with E-state index < -0.39 is 10.8 Å². The molecule has 0 radical (unpaired) electrons. The quantitative estimate of drug-likeness (QED) is 0.431. The molecule has 0 aliphatic rings. The Balaban J connectivity index is 2.12. The monoisotopic (exact) mass is 287 g/mol. The normalized spacial score (nSPS) is 9.95. The second kappa shape index (κ2) is 6.44. The first-order chi connectivity index (χ1) is 10.1. The molecule has 0 saturated heterocycles. The number of nitrogens with one attached hydrogen (secondary N) is 2. The molecule has 4 N–H and O–H groups in total. The summed E-state index contributed by atoms with van der Waals surface area (Å²) in [6.07, 6.45) is 3.24. The van der Waals surface area contributed by atoms with Gasteiger partial charge in [-0.1, -0.05) is 0 Å². The minimum Gasteiger partial charge on any atom is -0.348 e. The minimum atomic E-state index is -0.602. The highest BCUT2D eigenvalue weighted by Crippen LogP contribution is 2.24. The highest BCUT2D eigenvalue weighted by atomic mass is 16.6. The van der Waals surface area contributed by atoms with Crippen molar-refractivity contribution in [1.29, 1.82) is 0 Å². The van der Waals surface area contributed by atoms with Gasteiger partial charge in [0.05, 0.1) is 4.92 Å². The second-order valence-corrected chi connectivity index (χ2v) is 4.17. The van der Waals surface area contributed by atoms with Crippen LogP contribution in [0.25, 0.3) is 0 Å². The number of nitro groups is 1. The van der Waals surface area contributed by atoms with Gasteiger partial charge < -0.3 is 10.7 Å². The third-order valence-electron chi connectivity index (χ3n) is 2.81. The van der Waals surface area contributed by atoms with Gasteiger partial charge >= 0.3 is 0 Å². The average molecular weight is 287 g/mol. The van der Waals surface area contributed by atoms with Crippen molar-refractivity contribution >= 4 is 17.3 Å². The van der Waals surface area contributed by atoms with Crippen molar-refractivity contribution in [2.75, 3.05) is 5.43 Å². The van der Waals surface area contributed by atoms with Gasteiger partial charge in [0.15, 0.2) is 0 Å². The molecule has 2 rings (SSSR count). The molecule has 8 nitrogen and oxygen atoms in total. The van der Waals surface area contributed by atoms with Crippen LogP contribution in [0.4, 0.5) is 11.4 Å². The van der Waals surface area contributed by atoms with Gasteiger partial charge in [-0.2, -0.15) is 0 Å². The summed E-state index contributed by atoms with van der Waals surface area (Å²) < 4.78 is 0. The van der Waals surface area contributed by atoms with Crippen molar-refractivity contribution in [3.63, 3.8) is 0 Å². The molecule has 0 aliphatic heterocycles. The van der Waals surface area contributed by atoms with Crippen LogP contribution in [0.2, 0.25) is 0 Å². The number of nitrogens with zero attached hydrogens (tertiary/aromatic N) is 2. The van der Waals surface area contributed by atoms with Crippen LogP contribution >= 0.6 is 0 Å². The molecule has 0 unspecified atom stereocenters. The van der Waals surface area contributed by atoms with E-state index in [-0.39, 0.29) is 16.9 Å². The fraction of sp³-hybridized carbons (Fsp3) is 0.0769. The SMILES string of the molecule is NNc1ccc(C(=O)NCc2ccncc2)cc1[N+](=O)[O-]. The topological polar surface area (TPSA) is 123 Å². The molecule has 0 fully saturated rings. The first kappa shape index (κ1) is 14.4. The third kappa shape index (κ3) is 3.51. The van der Waals surface area contributed by atoms with Gasteiger partial charge in [-0.05, 0) is 29.8 Å². The second-order valence-electron chi connectivity index (χ2n) is 4.17. The molecular formula is C13H13N5O3. The highest BCUT2D eigenvalue weighted by molar-refractivity contribution is 5.95. The van der Waals surface area contributed by atoms with Crippen molar-refractivity contribution < 1.29 is 9.72 Å². The number of carbonyl (C=O) groups is 1. The van der Waals surface area contributed by atoms with E-state index in [1.54, 1.807) is 24.5 Å². The Morgan fingerprint density at radius 3 is 2.62 bits per heavy atom. The van der Waals surface area contributed by atoms with E-state index >= 15 is 0 Å². The Bertz CT molecular complexity index is 660. The summed E-state index contributed by atoms with van der Waals surface area (Å²) >= 11 is 0. The molecule has 0 atom stereocenters. The number of hydrogen-bond acceptors (Lipinski definition) is 6. The van der Waals surface area contributed by atoms with Crippen LogP contribution < -0.4 is 16.6 Å². The molecular weight excluding hydrogens is 274 g/mol. The van der Waals surface area contributed by atoms with E-state index in [2.05, 4.69) is 15.7 Å². The average Bonchev–Trinajstić information content (AvgIpc) is 2.52. The van der Waals surface area contributed by atoms with E-state index in [0.29, 0.717) is 6.54 Å². The summed E-state index contributed by atoms with van der Waals surface area (Å²) in [6, 6.07) is 7.56. The molecule has 21 heavy (non-hydrogen) atoms. The molecule has 2 aromatic rings. The fourth-order valence-corrected chi connectivity index (χ4v) is 1.73. The largest absolute Gasteiger partial charge is 0.348 e. The van der Waals surface area contributed by atoms with Crippen molar-refractivity contribution in [3.8, 4) is 0 Å². The summed E-state index contributed by atoms with van der Waals surface area (Å²) in [7, 11) is 0. The fourth-order valence-electron chi connectivity index (χ4n) is 1.73. The first-order valence-corrected chi connectivity index (χ1v) is 6.04. The number of benzene rings is 1. The number of aromatic nitrogens is 1. The number of nitro benzene ring substituents is 1. The Labute approximate surface area is 120 Å². The zero-order chi connectivity index (χ0) is 15.2. The zero-order valence-corrected chi connectivity index (χ0v) is 10.9. The van der Waals surface area contributed by atoms with E-state index in [0.717, 1.165) is 5.56 Å². The van der Waals surface area contributed by atoms with E-state index in [9.17, 15) is 14.9 Å². The molecule has 1 aromatic heterocycles. The number of pyridine rings is 1. The maximum absolute atomic E-state index is 12.0. The Hall–Kier alpha value is -3.00. The predicted octanol–water partition coefficient (Wildman–Crippen LogP) is 1.21. The molecule has 1 aromatic carbocycles. The van der Waals surface area contributed by atoms with Crippen LogP contribution in [-0.2, 0) is 6.54 Å². The molecule has 1 amide bonds. The minimum absolute atomic E-state index is 0.144. The van der Waals surface area contributed by atoms with Crippen molar-refractivity contribution in [2.24, 2.45) is 5.84 Å². The van der Waals surface area contributed by atoms with Gasteiger partial charge in [0.25, 0.3) is 11.6 Å². The standard InChI is InChI=1S/C13H13N5O3/c14-17-11-2-1-10(7-12(11)18(20)21)13(19)16-8-9-3-5-15-6-4-9/h1-7,17H,8,14H2,(H,16,19). The summed E-state index contributed by atoms with van der Waals surface area (Å²) in [5.74, 6) is 4.78. The maximum atomic E-state index is 12.0. The van der Waals surface area contributed by atoms with E-state index in [1.807, 2.05) is 0 Å². The number of anilines is 1. The van der Waals surface area contributed by atoms with Gasteiger partial charge in [-0.15, -0.1) is 0 Å². The molecule has 0 aliphatic carbocycles. The number of hydrazine groups is 1. The molecule has 8 heteroatoms. The first-order valence-electron chi connectivity index (χ1n) is 6.04.